The SMILES string of the molecule is [C-]#[N+]c1ccc2nc(-c3cnnc(OCC)c3)n(C3CC3)c2c1. The minimum Gasteiger partial charge on any atom is -0.477 e. The molecular weight excluding hydrogens is 290 g/mol. The maximum atomic E-state index is 7.22. The van der Waals surface area contributed by atoms with Gasteiger partial charge in [0.05, 0.1) is 30.4 Å². The van der Waals surface area contributed by atoms with Crippen LogP contribution in [0.1, 0.15) is 25.8 Å². The van der Waals surface area contributed by atoms with E-state index in [4.69, 9.17) is 16.3 Å². The molecule has 2 aromatic heterocycles. The first-order valence-corrected chi connectivity index (χ1v) is 7.65. The molecule has 0 saturated heterocycles. The van der Waals surface area contributed by atoms with Gasteiger partial charge in [0.2, 0.25) is 5.88 Å². The van der Waals surface area contributed by atoms with Crippen LogP contribution < -0.4 is 4.74 Å². The van der Waals surface area contributed by atoms with Gasteiger partial charge in [-0.3, -0.25) is 0 Å². The molecular formula is C17H15N5O. The zero-order valence-electron chi connectivity index (χ0n) is 12.7. The Morgan fingerprint density at radius 1 is 1.35 bits per heavy atom. The Labute approximate surface area is 133 Å². The van der Waals surface area contributed by atoms with Crippen LogP contribution in [0.3, 0.4) is 0 Å². The highest BCUT2D eigenvalue weighted by Gasteiger charge is 2.29. The molecule has 1 aromatic carbocycles. The first kappa shape index (κ1) is 13.7. The summed E-state index contributed by atoms with van der Waals surface area (Å²) < 4.78 is 7.66. The quantitative estimate of drug-likeness (QED) is 0.688. The molecule has 4 rings (SSSR count). The van der Waals surface area contributed by atoms with E-state index in [2.05, 4.69) is 19.6 Å². The fraction of sp³-hybridized carbons (Fsp3) is 0.294. The highest BCUT2D eigenvalue weighted by Crippen LogP contribution is 2.42. The summed E-state index contributed by atoms with van der Waals surface area (Å²) in [6, 6.07) is 7.93. The van der Waals surface area contributed by atoms with Gasteiger partial charge in [-0.05, 0) is 31.9 Å². The maximum Gasteiger partial charge on any atom is 0.234 e. The van der Waals surface area contributed by atoms with Gasteiger partial charge in [0.25, 0.3) is 0 Å². The van der Waals surface area contributed by atoms with Crippen LogP contribution in [0.4, 0.5) is 5.69 Å². The fourth-order valence-electron chi connectivity index (χ4n) is 2.74. The number of hydrogen-bond donors (Lipinski definition) is 0. The van der Waals surface area contributed by atoms with Crippen LogP contribution >= 0.6 is 0 Å². The van der Waals surface area contributed by atoms with E-state index in [0.29, 0.717) is 24.2 Å². The zero-order chi connectivity index (χ0) is 15.8. The average Bonchev–Trinajstić information content (AvgIpc) is 3.35. The molecule has 3 aromatic rings. The standard InChI is InChI=1S/C17H15N5O/c1-3-23-16-8-11(10-19-21-16)17-20-14-7-4-12(18-2)9-15(14)22(17)13-5-6-13/h4,7-10,13H,3,5-6H2,1H3. The van der Waals surface area contributed by atoms with Crippen molar-refractivity contribution in [3.8, 4) is 17.3 Å². The summed E-state index contributed by atoms with van der Waals surface area (Å²) in [7, 11) is 0. The molecule has 0 amide bonds. The van der Waals surface area contributed by atoms with Crippen molar-refractivity contribution in [2.75, 3.05) is 6.61 Å². The van der Waals surface area contributed by atoms with Crippen molar-refractivity contribution >= 4 is 16.7 Å². The van der Waals surface area contributed by atoms with Gasteiger partial charge in [0, 0.05) is 17.7 Å². The molecule has 0 spiro atoms. The zero-order valence-corrected chi connectivity index (χ0v) is 12.7. The Morgan fingerprint density at radius 3 is 2.96 bits per heavy atom. The van der Waals surface area contributed by atoms with Gasteiger partial charge >= 0.3 is 0 Å². The van der Waals surface area contributed by atoms with Gasteiger partial charge in [-0.15, -0.1) is 5.10 Å². The molecule has 1 saturated carbocycles. The lowest BCUT2D eigenvalue weighted by Gasteiger charge is -2.08. The van der Waals surface area contributed by atoms with Gasteiger partial charge in [-0.25, -0.2) is 9.83 Å². The van der Waals surface area contributed by atoms with E-state index < -0.39 is 0 Å². The third-order valence-electron chi connectivity index (χ3n) is 3.90. The molecule has 23 heavy (non-hydrogen) atoms. The van der Waals surface area contributed by atoms with Crippen LogP contribution in [0.15, 0.2) is 30.5 Å². The highest BCUT2D eigenvalue weighted by molar-refractivity contribution is 5.84. The number of nitrogens with zero attached hydrogens (tertiary/aromatic N) is 5. The lowest BCUT2D eigenvalue weighted by molar-refractivity contribution is 0.323. The monoisotopic (exact) mass is 305 g/mol. The normalized spacial score (nSPS) is 13.9. The smallest absolute Gasteiger partial charge is 0.234 e. The third kappa shape index (κ3) is 2.40. The van der Waals surface area contributed by atoms with Crippen molar-refractivity contribution in [2.45, 2.75) is 25.8 Å². The van der Waals surface area contributed by atoms with Crippen molar-refractivity contribution in [1.29, 1.82) is 0 Å². The van der Waals surface area contributed by atoms with Gasteiger partial charge in [0.1, 0.15) is 5.82 Å². The second kappa shape index (κ2) is 5.36. The van der Waals surface area contributed by atoms with Gasteiger partial charge in [-0.1, -0.05) is 6.07 Å². The predicted octanol–water partition coefficient (Wildman–Crippen LogP) is 3.78. The Balaban J connectivity index is 1.91. The molecule has 0 radical (unpaired) electrons. The number of aromatic nitrogens is 4. The predicted molar refractivity (Wildman–Crippen MR) is 86.5 cm³/mol. The Kier molecular flexibility index (Phi) is 3.19. The topological polar surface area (TPSA) is 57.2 Å². The number of imidazole rings is 1. The van der Waals surface area contributed by atoms with Crippen molar-refractivity contribution in [2.24, 2.45) is 0 Å². The number of ether oxygens (including phenoxy) is 1. The number of benzene rings is 1. The van der Waals surface area contributed by atoms with E-state index >= 15 is 0 Å². The number of hydrogen-bond acceptors (Lipinski definition) is 4. The summed E-state index contributed by atoms with van der Waals surface area (Å²) in [6.07, 6.45) is 3.98. The van der Waals surface area contributed by atoms with Crippen LogP contribution in [0.2, 0.25) is 0 Å². The van der Waals surface area contributed by atoms with Crippen molar-refractivity contribution < 1.29 is 4.74 Å². The average molecular weight is 305 g/mol. The molecule has 0 bridgehead atoms. The van der Waals surface area contributed by atoms with E-state index in [1.54, 1.807) is 12.3 Å². The molecule has 1 fully saturated rings. The molecule has 0 aliphatic heterocycles. The molecule has 0 N–H and O–H groups in total. The minimum absolute atomic E-state index is 0.444. The Morgan fingerprint density at radius 2 is 2.22 bits per heavy atom. The minimum atomic E-state index is 0.444. The van der Waals surface area contributed by atoms with Crippen LogP contribution in [0, 0.1) is 6.57 Å². The van der Waals surface area contributed by atoms with E-state index in [1.165, 1.54) is 0 Å². The van der Waals surface area contributed by atoms with E-state index in [9.17, 15) is 0 Å². The first-order valence-electron chi connectivity index (χ1n) is 7.65. The van der Waals surface area contributed by atoms with Crippen LogP contribution in [-0.4, -0.2) is 26.4 Å². The molecule has 114 valence electrons. The summed E-state index contributed by atoms with van der Waals surface area (Å²) in [5, 5.41) is 8.00. The number of fused-ring (bicyclic) bond motifs is 1. The third-order valence-corrected chi connectivity index (χ3v) is 3.90. The molecule has 1 aliphatic rings. The van der Waals surface area contributed by atoms with Crippen LogP contribution in [-0.2, 0) is 0 Å². The van der Waals surface area contributed by atoms with E-state index in [1.807, 2.05) is 25.1 Å². The van der Waals surface area contributed by atoms with Gasteiger partial charge < -0.3 is 9.30 Å². The van der Waals surface area contributed by atoms with Crippen LogP contribution in [0.25, 0.3) is 27.3 Å². The lowest BCUT2D eigenvalue weighted by atomic mass is 10.2. The molecule has 6 heteroatoms. The molecule has 0 atom stereocenters. The first-order chi connectivity index (χ1) is 11.3. The summed E-state index contributed by atoms with van der Waals surface area (Å²) >= 11 is 0. The summed E-state index contributed by atoms with van der Waals surface area (Å²) in [5.74, 6) is 1.36. The van der Waals surface area contributed by atoms with Crippen LogP contribution in [0.5, 0.6) is 5.88 Å². The van der Waals surface area contributed by atoms with E-state index in [0.717, 1.165) is 35.3 Å². The molecule has 1 aliphatic carbocycles. The highest BCUT2D eigenvalue weighted by atomic mass is 16.5. The molecule has 0 unspecified atom stereocenters. The second-order valence-electron chi connectivity index (χ2n) is 5.54. The largest absolute Gasteiger partial charge is 0.477 e. The molecule has 2 heterocycles. The van der Waals surface area contributed by atoms with Crippen molar-refractivity contribution in [3.63, 3.8) is 0 Å². The number of rotatable bonds is 4. The van der Waals surface area contributed by atoms with E-state index in [-0.39, 0.29) is 0 Å². The van der Waals surface area contributed by atoms with Crippen molar-refractivity contribution in [3.05, 3.63) is 41.9 Å². The second-order valence-corrected chi connectivity index (χ2v) is 5.54. The van der Waals surface area contributed by atoms with Gasteiger partial charge in [-0.2, -0.15) is 5.10 Å². The summed E-state index contributed by atoms with van der Waals surface area (Å²) in [5.41, 5.74) is 3.42. The summed E-state index contributed by atoms with van der Waals surface area (Å²) in [6.45, 7) is 9.68. The lowest BCUT2D eigenvalue weighted by Crippen LogP contribution is -2.00. The Hall–Kier alpha value is -2.94. The molecule has 6 nitrogen and oxygen atoms in total. The maximum absolute atomic E-state index is 7.22. The van der Waals surface area contributed by atoms with Crippen molar-refractivity contribution in [1.82, 2.24) is 19.7 Å². The Bertz CT molecular complexity index is 920. The fourth-order valence-corrected chi connectivity index (χ4v) is 2.74. The van der Waals surface area contributed by atoms with Gasteiger partial charge in [0.15, 0.2) is 5.69 Å². The summed E-state index contributed by atoms with van der Waals surface area (Å²) in [4.78, 5) is 8.29.